The fraction of sp³-hybridized carbons (Fsp3) is 0.310. The van der Waals surface area contributed by atoms with Gasteiger partial charge in [-0.3, -0.25) is 9.59 Å². The molecule has 1 saturated carbocycles. The molecule has 4 aromatic heterocycles. The summed E-state index contributed by atoms with van der Waals surface area (Å²) in [4.78, 5) is 54.2. The van der Waals surface area contributed by atoms with Crippen molar-refractivity contribution in [3.05, 3.63) is 70.6 Å². The van der Waals surface area contributed by atoms with Crippen LogP contribution < -0.4 is 10.6 Å². The Balaban J connectivity index is 1.29. The van der Waals surface area contributed by atoms with Gasteiger partial charge in [0.05, 0.1) is 16.9 Å². The Morgan fingerprint density at radius 1 is 1.02 bits per heavy atom. The van der Waals surface area contributed by atoms with Gasteiger partial charge in [-0.1, -0.05) is 19.1 Å². The number of urea groups is 1. The van der Waals surface area contributed by atoms with Crippen LogP contribution in [0.4, 0.5) is 16.3 Å². The standard InChI is InChI=1S/C29H28BrN7O3/c1-15-5-8-25(30)34-26(15)35-27(39)23-10-29(4)11-24(29)37(23)28(40)33-20-9-22(16(2)38)36-14-18(6-7-21(20)36)19-12-31-17(3)32-13-19/h5-9,12-14,23-24H,10-11H2,1-4H3,(H,33,40)(H,34,35,39)/t23-,24?,29-/m0/s1. The molecule has 40 heavy (non-hydrogen) atoms. The van der Waals surface area contributed by atoms with E-state index in [-0.39, 0.29) is 29.2 Å². The number of rotatable bonds is 5. The van der Waals surface area contributed by atoms with Gasteiger partial charge >= 0.3 is 6.03 Å². The Kier molecular flexibility index (Phi) is 6.21. The topological polar surface area (TPSA) is 122 Å². The number of aromatic nitrogens is 4. The first-order chi connectivity index (χ1) is 19.0. The zero-order valence-corrected chi connectivity index (χ0v) is 24.1. The van der Waals surface area contributed by atoms with Crippen LogP contribution in [0.3, 0.4) is 0 Å². The van der Waals surface area contributed by atoms with E-state index in [4.69, 9.17) is 0 Å². The number of amides is 3. The summed E-state index contributed by atoms with van der Waals surface area (Å²) < 4.78 is 2.38. The van der Waals surface area contributed by atoms with Crippen molar-refractivity contribution in [1.82, 2.24) is 24.3 Å². The molecule has 0 aromatic carbocycles. The lowest BCUT2D eigenvalue weighted by Gasteiger charge is -2.27. The number of carbonyl (C=O) groups is 3. The lowest BCUT2D eigenvalue weighted by molar-refractivity contribution is -0.120. The Morgan fingerprint density at radius 2 is 1.77 bits per heavy atom. The Morgan fingerprint density at radius 3 is 2.50 bits per heavy atom. The molecular formula is C29H28BrN7O3. The number of anilines is 2. The predicted octanol–water partition coefficient (Wildman–Crippen LogP) is 5.40. The Hall–Kier alpha value is -4.12. The molecule has 10 nitrogen and oxygen atoms in total. The lowest BCUT2D eigenvalue weighted by atomic mass is 10.0. The number of nitrogens with one attached hydrogen (secondary N) is 2. The third kappa shape index (κ3) is 4.53. The number of pyridine rings is 2. The number of piperidine rings is 1. The second-order valence-corrected chi connectivity index (χ2v) is 11.7. The zero-order chi connectivity index (χ0) is 28.3. The second kappa shape index (κ2) is 9.51. The SMILES string of the molecule is CC(=O)c1cc(NC(=O)N2C3C[C@]3(C)C[C@H]2C(=O)Nc2nc(Br)ccc2C)c2ccc(-c3cnc(C)nc3)cn12. The molecule has 1 aliphatic carbocycles. The lowest BCUT2D eigenvalue weighted by Crippen LogP contribution is -2.47. The van der Waals surface area contributed by atoms with Crippen molar-refractivity contribution in [3.8, 4) is 11.1 Å². The third-order valence-electron chi connectivity index (χ3n) is 7.96. The van der Waals surface area contributed by atoms with Crippen molar-refractivity contribution in [2.45, 2.75) is 52.6 Å². The van der Waals surface area contributed by atoms with Crippen LogP contribution in [0.25, 0.3) is 16.6 Å². The van der Waals surface area contributed by atoms with E-state index < -0.39 is 6.04 Å². The van der Waals surface area contributed by atoms with E-state index in [1.54, 1.807) is 27.8 Å². The van der Waals surface area contributed by atoms with Gasteiger partial charge in [-0.25, -0.2) is 19.7 Å². The number of fused-ring (bicyclic) bond motifs is 2. The van der Waals surface area contributed by atoms with Gasteiger partial charge in [-0.2, -0.15) is 0 Å². The van der Waals surface area contributed by atoms with Crippen molar-refractivity contribution in [1.29, 1.82) is 0 Å². The Labute approximate surface area is 239 Å². The summed E-state index contributed by atoms with van der Waals surface area (Å²) in [6.07, 6.45) is 6.73. The summed E-state index contributed by atoms with van der Waals surface area (Å²) in [5.41, 5.74) is 3.99. The summed E-state index contributed by atoms with van der Waals surface area (Å²) in [6, 6.07) is 8.07. The zero-order valence-electron chi connectivity index (χ0n) is 22.5. The number of likely N-dealkylation sites (tertiary alicyclic amines) is 1. The highest BCUT2D eigenvalue weighted by molar-refractivity contribution is 9.10. The van der Waals surface area contributed by atoms with E-state index in [2.05, 4.69) is 48.4 Å². The number of ketones is 1. The van der Waals surface area contributed by atoms with E-state index in [0.717, 1.165) is 23.1 Å². The summed E-state index contributed by atoms with van der Waals surface area (Å²) in [6.45, 7) is 7.28. The number of halogens is 1. The molecule has 2 fully saturated rings. The van der Waals surface area contributed by atoms with Crippen LogP contribution in [0.1, 0.15) is 48.6 Å². The van der Waals surface area contributed by atoms with Gasteiger partial charge in [0.2, 0.25) is 5.91 Å². The number of carbonyl (C=O) groups excluding carboxylic acids is 3. The summed E-state index contributed by atoms with van der Waals surface area (Å²) >= 11 is 3.35. The third-order valence-corrected chi connectivity index (χ3v) is 8.40. The molecule has 0 spiro atoms. The minimum absolute atomic E-state index is 0.0332. The van der Waals surface area contributed by atoms with Crippen LogP contribution in [-0.2, 0) is 4.79 Å². The molecule has 3 amide bonds. The van der Waals surface area contributed by atoms with Crippen molar-refractivity contribution in [2.75, 3.05) is 10.6 Å². The van der Waals surface area contributed by atoms with Gasteiger partial charge < -0.3 is 19.9 Å². The first-order valence-electron chi connectivity index (χ1n) is 13.0. The summed E-state index contributed by atoms with van der Waals surface area (Å²) in [5.74, 6) is 0.722. The van der Waals surface area contributed by atoms with Crippen LogP contribution in [-0.4, -0.2) is 54.1 Å². The van der Waals surface area contributed by atoms with Gasteiger partial charge in [0.15, 0.2) is 5.78 Å². The van der Waals surface area contributed by atoms with E-state index in [0.29, 0.717) is 39.6 Å². The van der Waals surface area contributed by atoms with E-state index >= 15 is 0 Å². The number of hydrogen-bond donors (Lipinski definition) is 2. The molecule has 204 valence electrons. The molecule has 0 radical (unpaired) electrons. The number of aryl methyl sites for hydroxylation is 2. The molecule has 2 aliphatic rings. The quantitative estimate of drug-likeness (QED) is 0.233. The maximum Gasteiger partial charge on any atom is 0.322 e. The average molecular weight is 602 g/mol. The molecule has 5 heterocycles. The fourth-order valence-corrected chi connectivity index (χ4v) is 5.90. The highest BCUT2D eigenvalue weighted by atomic mass is 79.9. The first kappa shape index (κ1) is 26.1. The van der Waals surface area contributed by atoms with Crippen LogP contribution in [0, 0.1) is 19.3 Å². The van der Waals surface area contributed by atoms with Gasteiger partial charge in [0, 0.05) is 42.7 Å². The highest BCUT2D eigenvalue weighted by Crippen LogP contribution is 2.59. The predicted molar refractivity (Wildman–Crippen MR) is 154 cm³/mol. The maximum atomic E-state index is 13.7. The van der Waals surface area contributed by atoms with Crippen molar-refractivity contribution >= 4 is 50.7 Å². The highest BCUT2D eigenvalue weighted by Gasteiger charge is 2.64. The molecule has 1 aliphatic heterocycles. The number of nitrogens with zero attached hydrogens (tertiary/aromatic N) is 5. The first-order valence-corrected chi connectivity index (χ1v) is 13.8. The van der Waals surface area contributed by atoms with Crippen LogP contribution >= 0.6 is 15.9 Å². The van der Waals surface area contributed by atoms with Gasteiger partial charge in [0.1, 0.15) is 22.3 Å². The molecule has 2 N–H and O–H groups in total. The Bertz CT molecular complexity index is 1700. The monoisotopic (exact) mass is 601 g/mol. The number of hydrogen-bond acceptors (Lipinski definition) is 6. The van der Waals surface area contributed by atoms with E-state index in [9.17, 15) is 14.4 Å². The minimum atomic E-state index is -0.641. The van der Waals surface area contributed by atoms with Crippen molar-refractivity contribution in [2.24, 2.45) is 5.41 Å². The molecule has 1 unspecified atom stereocenters. The smallest absolute Gasteiger partial charge is 0.311 e. The number of Topliss-reactive ketones (excluding diaryl/α,β-unsaturated/α-hetero) is 1. The summed E-state index contributed by atoms with van der Waals surface area (Å²) in [7, 11) is 0. The van der Waals surface area contributed by atoms with Crippen molar-refractivity contribution < 1.29 is 14.4 Å². The summed E-state index contributed by atoms with van der Waals surface area (Å²) in [5, 5.41) is 5.91. The minimum Gasteiger partial charge on any atom is -0.311 e. The fourth-order valence-electron chi connectivity index (χ4n) is 5.59. The van der Waals surface area contributed by atoms with Crippen LogP contribution in [0.15, 0.2) is 53.5 Å². The maximum absolute atomic E-state index is 13.7. The second-order valence-electron chi connectivity index (χ2n) is 10.9. The molecule has 1 saturated heterocycles. The van der Waals surface area contributed by atoms with E-state index in [1.165, 1.54) is 6.92 Å². The van der Waals surface area contributed by atoms with Gasteiger partial charge in [0.25, 0.3) is 0 Å². The average Bonchev–Trinajstić information content (AvgIpc) is 3.28. The molecular weight excluding hydrogens is 574 g/mol. The van der Waals surface area contributed by atoms with Crippen LogP contribution in [0.5, 0.6) is 0 Å². The molecule has 11 heteroatoms. The molecule has 4 aromatic rings. The molecule has 3 atom stereocenters. The van der Waals surface area contributed by atoms with E-state index in [1.807, 2.05) is 44.3 Å². The van der Waals surface area contributed by atoms with Crippen molar-refractivity contribution in [3.63, 3.8) is 0 Å². The van der Waals surface area contributed by atoms with Gasteiger partial charge in [-0.15, -0.1) is 0 Å². The van der Waals surface area contributed by atoms with Gasteiger partial charge in [-0.05, 0) is 71.8 Å². The molecule has 0 bridgehead atoms. The molecule has 6 rings (SSSR count). The normalized spacial score (nSPS) is 21.3. The largest absolute Gasteiger partial charge is 0.322 e. The van der Waals surface area contributed by atoms with Crippen LogP contribution in [0.2, 0.25) is 0 Å².